The van der Waals surface area contributed by atoms with Crippen LogP contribution in [0, 0.1) is 0 Å². The lowest BCUT2D eigenvalue weighted by atomic mass is 9.88. The number of nitrogens with one attached hydrogen (secondary N) is 1. The van der Waals surface area contributed by atoms with Gasteiger partial charge in [0.2, 0.25) is 0 Å². The smallest absolute Gasteiger partial charge is 0.163 e. The molecular formula is C20H19NO2. The maximum atomic E-state index is 12.7. The highest BCUT2D eigenvalue weighted by atomic mass is 16.5. The number of ketones is 1. The van der Waals surface area contributed by atoms with Crippen molar-refractivity contribution in [2.45, 2.75) is 12.3 Å². The van der Waals surface area contributed by atoms with E-state index in [1.165, 1.54) is 0 Å². The lowest BCUT2D eigenvalue weighted by Crippen LogP contribution is -2.10. The fourth-order valence-corrected chi connectivity index (χ4v) is 2.83. The van der Waals surface area contributed by atoms with Crippen LogP contribution in [0.4, 0.5) is 0 Å². The lowest BCUT2D eigenvalue weighted by molar-refractivity contribution is 0.0977. The molecule has 0 spiro atoms. The molecule has 0 aliphatic heterocycles. The van der Waals surface area contributed by atoms with Crippen LogP contribution in [-0.2, 0) is 0 Å². The molecule has 3 nitrogen and oxygen atoms in total. The zero-order valence-corrected chi connectivity index (χ0v) is 13.0. The topological polar surface area (TPSA) is 42.1 Å². The Balaban J connectivity index is 1.96. The number of benzene rings is 2. The number of para-hydroxylation sites is 1. The van der Waals surface area contributed by atoms with Gasteiger partial charge in [-0.2, -0.15) is 0 Å². The van der Waals surface area contributed by atoms with E-state index in [1.54, 1.807) is 7.11 Å². The second-order valence-electron chi connectivity index (χ2n) is 5.41. The molecule has 0 aliphatic carbocycles. The normalized spacial score (nSPS) is 11.9. The van der Waals surface area contributed by atoms with Crippen molar-refractivity contribution in [2.24, 2.45) is 0 Å². The summed E-state index contributed by atoms with van der Waals surface area (Å²) < 4.78 is 5.49. The van der Waals surface area contributed by atoms with Gasteiger partial charge in [-0.15, -0.1) is 0 Å². The molecule has 2 aromatic carbocycles. The molecule has 1 heterocycles. The summed E-state index contributed by atoms with van der Waals surface area (Å²) in [5, 5.41) is 0. The molecule has 0 radical (unpaired) electrons. The van der Waals surface area contributed by atoms with Gasteiger partial charge in [0.05, 0.1) is 7.11 Å². The average Bonchev–Trinajstić information content (AvgIpc) is 3.14. The number of rotatable bonds is 6. The summed E-state index contributed by atoms with van der Waals surface area (Å²) in [6.45, 7) is 0. The van der Waals surface area contributed by atoms with Gasteiger partial charge in [0.1, 0.15) is 5.75 Å². The average molecular weight is 305 g/mol. The molecule has 0 fully saturated rings. The van der Waals surface area contributed by atoms with Gasteiger partial charge >= 0.3 is 0 Å². The molecule has 3 rings (SSSR count). The van der Waals surface area contributed by atoms with Crippen molar-refractivity contribution in [1.29, 1.82) is 0 Å². The van der Waals surface area contributed by atoms with Crippen LogP contribution < -0.4 is 4.74 Å². The molecule has 1 unspecified atom stereocenters. The fourth-order valence-electron chi connectivity index (χ4n) is 2.83. The third-order valence-corrected chi connectivity index (χ3v) is 4.00. The number of hydrogen-bond donors (Lipinski definition) is 1. The van der Waals surface area contributed by atoms with Crippen LogP contribution in [-0.4, -0.2) is 17.9 Å². The van der Waals surface area contributed by atoms with E-state index >= 15 is 0 Å². The first-order chi connectivity index (χ1) is 11.3. The third-order valence-electron chi connectivity index (χ3n) is 4.00. The number of Topliss-reactive ketones (excluding diaryl/α,β-unsaturated/α-hetero) is 1. The van der Waals surface area contributed by atoms with E-state index in [9.17, 15) is 4.79 Å². The lowest BCUT2D eigenvalue weighted by Gasteiger charge is -2.18. The van der Waals surface area contributed by atoms with Crippen LogP contribution in [0.15, 0.2) is 72.9 Å². The zero-order chi connectivity index (χ0) is 16.1. The van der Waals surface area contributed by atoms with Crippen molar-refractivity contribution in [3.63, 3.8) is 0 Å². The Morgan fingerprint density at radius 2 is 1.74 bits per heavy atom. The number of aromatic amines is 1. The minimum atomic E-state index is -0.0612. The minimum absolute atomic E-state index is 0.0612. The Morgan fingerprint density at radius 1 is 1.00 bits per heavy atom. The van der Waals surface area contributed by atoms with E-state index < -0.39 is 0 Å². The molecule has 3 aromatic rings. The molecule has 1 N–H and O–H groups in total. The second kappa shape index (κ2) is 6.97. The predicted molar refractivity (Wildman–Crippen MR) is 91.0 cm³/mol. The van der Waals surface area contributed by atoms with Crippen LogP contribution in [0.2, 0.25) is 0 Å². The van der Waals surface area contributed by atoms with Crippen molar-refractivity contribution >= 4 is 5.78 Å². The number of aromatic nitrogens is 1. The molecule has 0 aliphatic rings. The van der Waals surface area contributed by atoms with Crippen LogP contribution in [0.5, 0.6) is 5.75 Å². The molecule has 1 aromatic heterocycles. The highest BCUT2D eigenvalue weighted by Gasteiger charge is 2.22. The minimum Gasteiger partial charge on any atom is -0.496 e. The highest BCUT2D eigenvalue weighted by molar-refractivity contribution is 5.96. The largest absolute Gasteiger partial charge is 0.496 e. The maximum absolute atomic E-state index is 12.7. The standard InChI is InChI=1S/C20H19NO2/c1-23-20-12-6-5-10-16(20)17(18-11-7-13-21-18)14-19(22)15-8-3-2-4-9-15/h2-13,17,21H,14H2,1H3. The Bertz CT molecular complexity index is 763. The molecule has 0 amide bonds. The van der Waals surface area contributed by atoms with Crippen LogP contribution in [0.1, 0.15) is 34.0 Å². The van der Waals surface area contributed by atoms with E-state index in [4.69, 9.17) is 4.74 Å². The molecular weight excluding hydrogens is 286 g/mol. The number of hydrogen-bond acceptors (Lipinski definition) is 2. The van der Waals surface area contributed by atoms with Crippen LogP contribution >= 0.6 is 0 Å². The van der Waals surface area contributed by atoms with Gasteiger partial charge in [-0.25, -0.2) is 0 Å². The fraction of sp³-hybridized carbons (Fsp3) is 0.150. The Hall–Kier alpha value is -2.81. The van der Waals surface area contributed by atoms with Crippen LogP contribution in [0.25, 0.3) is 0 Å². The van der Waals surface area contributed by atoms with Gasteiger partial charge in [0, 0.05) is 35.4 Å². The van der Waals surface area contributed by atoms with E-state index in [0.717, 1.165) is 22.6 Å². The summed E-state index contributed by atoms with van der Waals surface area (Å²) in [7, 11) is 1.66. The second-order valence-corrected chi connectivity index (χ2v) is 5.41. The monoisotopic (exact) mass is 305 g/mol. The first-order valence-corrected chi connectivity index (χ1v) is 7.64. The summed E-state index contributed by atoms with van der Waals surface area (Å²) in [6.07, 6.45) is 2.27. The number of carbonyl (C=O) groups is 1. The summed E-state index contributed by atoms with van der Waals surface area (Å²) >= 11 is 0. The third kappa shape index (κ3) is 3.34. The Kier molecular flexibility index (Phi) is 4.57. The van der Waals surface area contributed by atoms with Crippen molar-refractivity contribution in [1.82, 2.24) is 4.98 Å². The van der Waals surface area contributed by atoms with Gasteiger partial charge in [-0.05, 0) is 18.2 Å². The van der Waals surface area contributed by atoms with Crippen LogP contribution in [0.3, 0.4) is 0 Å². The summed E-state index contributed by atoms with van der Waals surface area (Å²) in [5.41, 5.74) is 2.76. The zero-order valence-electron chi connectivity index (χ0n) is 13.0. The molecule has 23 heavy (non-hydrogen) atoms. The molecule has 0 saturated heterocycles. The quantitative estimate of drug-likeness (QED) is 0.685. The van der Waals surface area contributed by atoms with E-state index in [0.29, 0.717) is 6.42 Å². The van der Waals surface area contributed by atoms with Crippen molar-refractivity contribution < 1.29 is 9.53 Å². The maximum Gasteiger partial charge on any atom is 0.163 e. The summed E-state index contributed by atoms with van der Waals surface area (Å²) in [6, 6.07) is 21.2. The van der Waals surface area contributed by atoms with Gasteiger partial charge in [-0.3, -0.25) is 4.79 Å². The molecule has 116 valence electrons. The molecule has 3 heteroatoms. The Morgan fingerprint density at radius 3 is 2.43 bits per heavy atom. The first kappa shape index (κ1) is 15.1. The van der Waals surface area contributed by atoms with Crippen molar-refractivity contribution in [2.75, 3.05) is 7.11 Å². The van der Waals surface area contributed by atoms with E-state index in [2.05, 4.69) is 4.98 Å². The first-order valence-electron chi connectivity index (χ1n) is 7.64. The summed E-state index contributed by atoms with van der Waals surface area (Å²) in [5.74, 6) is 0.859. The number of H-pyrrole nitrogens is 1. The predicted octanol–water partition coefficient (Wildman–Crippen LogP) is 4.43. The van der Waals surface area contributed by atoms with Gasteiger partial charge in [0.15, 0.2) is 5.78 Å². The molecule has 1 atom stereocenters. The van der Waals surface area contributed by atoms with Gasteiger partial charge < -0.3 is 9.72 Å². The number of methoxy groups -OCH3 is 1. The van der Waals surface area contributed by atoms with E-state index in [-0.39, 0.29) is 11.7 Å². The van der Waals surface area contributed by atoms with Gasteiger partial charge in [0.25, 0.3) is 0 Å². The molecule has 0 saturated carbocycles. The van der Waals surface area contributed by atoms with E-state index in [1.807, 2.05) is 72.9 Å². The number of carbonyl (C=O) groups excluding carboxylic acids is 1. The number of ether oxygens (including phenoxy) is 1. The van der Waals surface area contributed by atoms with Gasteiger partial charge in [-0.1, -0.05) is 48.5 Å². The molecule has 0 bridgehead atoms. The van der Waals surface area contributed by atoms with Crippen molar-refractivity contribution in [3.8, 4) is 5.75 Å². The summed E-state index contributed by atoms with van der Waals surface area (Å²) in [4.78, 5) is 15.9. The van der Waals surface area contributed by atoms with Crippen molar-refractivity contribution in [3.05, 3.63) is 89.7 Å². The SMILES string of the molecule is COc1ccccc1C(CC(=O)c1ccccc1)c1ccc[nH]1. The highest BCUT2D eigenvalue weighted by Crippen LogP contribution is 2.34. The Labute approximate surface area is 135 Å².